The van der Waals surface area contributed by atoms with Gasteiger partial charge in [0.05, 0.1) is 5.56 Å². The second-order valence-corrected chi connectivity index (χ2v) is 6.90. The molecular weight excluding hydrogens is 322 g/mol. The van der Waals surface area contributed by atoms with Gasteiger partial charge in [-0.3, -0.25) is 4.79 Å². The second-order valence-electron chi connectivity index (χ2n) is 6.90. The Balaban J connectivity index is 2.16. The highest BCUT2D eigenvalue weighted by Gasteiger charge is 2.17. The zero-order valence-corrected chi connectivity index (χ0v) is 16.5. The van der Waals surface area contributed by atoms with E-state index in [1.54, 1.807) is 6.20 Å². The Hall–Kier alpha value is -2.36. The first-order valence-electron chi connectivity index (χ1n) is 9.62. The van der Waals surface area contributed by atoms with Crippen molar-refractivity contribution in [2.24, 2.45) is 0 Å². The summed E-state index contributed by atoms with van der Waals surface area (Å²) in [5.74, 6) is 0.977. The lowest BCUT2D eigenvalue weighted by atomic mass is 10.1. The quantitative estimate of drug-likeness (QED) is 0.652. The highest BCUT2D eigenvalue weighted by molar-refractivity contribution is 5.94. The molecule has 0 fully saturated rings. The lowest BCUT2D eigenvalue weighted by Crippen LogP contribution is -2.33. The molecule has 4 nitrogen and oxygen atoms in total. The molecule has 1 amide bonds. The van der Waals surface area contributed by atoms with Gasteiger partial charge in [-0.05, 0) is 44.4 Å². The number of anilines is 1. The molecule has 26 heavy (non-hydrogen) atoms. The fourth-order valence-corrected chi connectivity index (χ4v) is 3.03. The summed E-state index contributed by atoms with van der Waals surface area (Å²) in [4.78, 5) is 21.5. The molecule has 2 rings (SSSR count). The molecule has 0 saturated carbocycles. The van der Waals surface area contributed by atoms with E-state index < -0.39 is 0 Å². The molecule has 1 heterocycles. The van der Waals surface area contributed by atoms with Crippen molar-refractivity contribution in [1.82, 2.24) is 9.88 Å². The van der Waals surface area contributed by atoms with Crippen molar-refractivity contribution in [3.63, 3.8) is 0 Å². The molecular formula is C22H31N3O. The highest BCUT2D eigenvalue weighted by atomic mass is 16.2. The molecule has 0 aliphatic rings. The molecule has 0 unspecified atom stereocenters. The van der Waals surface area contributed by atoms with Crippen LogP contribution in [0.3, 0.4) is 0 Å². The van der Waals surface area contributed by atoms with E-state index in [0.717, 1.165) is 38.3 Å². The van der Waals surface area contributed by atoms with Gasteiger partial charge >= 0.3 is 0 Å². The fraction of sp³-hybridized carbons (Fsp3) is 0.455. The van der Waals surface area contributed by atoms with Crippen LogP contribution in [0.5, 0.6) is 0 Å². The summed E-state index contributed by atoms with van der Waals surface area (Å²) >= 11 is 0. The van der Waals surface area contributed by atoms with Crippen molar-refractivity contribution in [3.05, 3.63) is 59.8 Å². The zero-order chi connectivity index (χ0) is 18.9. The summed E-state index contributed by atoms with van der Waals surface area (Å²) < 4.78 is 0. The molecule has 0 bridgehead atoms. The van der Waals surface area contributed by atoms with Gasteiger partial charge in [0, 0.05) is 31.9 Å². The molecule has 4 heteroatoms. The minimum absolute atomic E-state index is 0.0758. The fourth-order valence-electron chi connectivity index (χ4n) is 3.03. The Morgan fingerprint density at radius 3 is 2.15 bits per heavy atom. The van der Waals surface area contributed by atoms with Gasteiger partial charge in [0.1, 0.15) is 5.82 Å². The topological polar surface area (TPSA) is 36.4 Å². The van der Waals surface area contributed by atoms with Crippen molar-refractivity contribution in [3.8, 4) is 0 Å². The van der Waals surface area contributed by atoms with Crippen molar-refractivity contribution < 1.29 is 4.79 Å². The monoisotopic (exact) mass is 353 g/mol. The van der Waals surface area contributed by atoms with Gasteiger partial charge in [0.2, 0.25) is 0 Å². The van der Waals surface area contributed by atoms with E-state index in [1.165, 1.54) is 5.56 Å². The van der Waals surface area contributed by atoms with Crippen LogP contribution in [-0.2, 0) is 6.54 Å². The lowest BCUT2D eigenvalue weighted by molar-refractivity contribution is 0.0755. The van der Waals surface area contributed by atoms with Crippen LogP contribution in [-0.4, -0.2) is 34.9 Å². The number of amides is 1. The van der Waals surface area contributed by atoms with Crippen molar-refractivity contribution in [1.29, 1.82) is 0 Å². The largest absolute Gasteiger partial charge is 0.350 e. The molecule has 0 aliphatic heterocycles. The average Bonchev–Trinajstić information content (AvgIpc) is 2.66. The third-order valence-corrected chi connectivity index (χ3v) is 4.38. The number of benzene rings is 1. The lowest BCUT2D eigenvalue weighted by Gasteiger charge is -2.28. The SMILES string of the molecule is CCCN(CCC)C(=O)c1ccc(N(Cc2ccccc2)C(C)C)nc1. The first-order chi connectivity index (χ1) is 12.6. The van der Waals surface area contributed by atoms with E-state index in [0.29, 0.717) is 11.6 Å². The minimum atomic E-state index is 0.0758. The number of carbonyl (C=O) groups is 1. The summed E-state index contributed by atoms with van der Waals surface area (Å²) in [6.07, 6.45) is 3.65. The number of hydrogen-bond donors (Lipinski definition) is 0. The van der Waals surface area contributed by atoms with Crippen molar-refractivity contribution in [2.75, 3.05) is 18.0 Å². The number of nitrogens with zero attached hydrogens (tertiary/aromatic N) is 3. The summed E-state index contributed by atoms with van der Waals surface area (Å²) in [7, 11) is 0. The van der Waals surface area contributed by atoms with E-state index in [9.17, 15) is 4.79 Å². The van der Waals surface area contributed by atoms with Gasteiger partial charge in [-0.25, -0.2) is 4.98 Å². The first kappa shape index (κ1) is 20.0. The van der Waals surface area contributed by atoms with E-state index in [1.807, 2.05) is 23.1 Å². The summed E-state index contributed by atoms with van der Waals surface area (Å²) in [5, 5.41) is 0. The van der Waals surface area contributed by atoms with Crippen LogP contribution in [0.2, 0.25) is 0 Å². The molecule has 2 aromatic rings. The van der Waals surface area contributed by atoms with Crippen molar-refractivity contribution in [2.45, 2.75) is 53.1 Å². The molecule has 1 aromatic carbocycles. The number of pyridine rings is 1. The Morgan fingerprint density at radius 2 is 1.65 bits per heavy atom. The molecule has 1 aromatic heterocycles. The summed E-state index contributed by atoms with van der Waals surface area (Å²) in [6, 6.07) is 14.6. The maximum absolute atomic E-state index is 12.7. The van der Waals surface area contributed by atoms with E-state index in [2.05, 4.69) is 61.8 Å². The zero-order valence-electron chi connectivity index (χ0n) is 16.5. The third kappa shape index (κ3) is 5.32. The average molecular weight is 354 g/mol. The molecule has 0 spiro atoms. The summed E-state index contributed by atoms with van der Waals surface area (Å²) in [5.41, 5.74) is 1.92. The maximum atomic E-state index is 12.7. The predicted octanol–water partition coefficient (Wildman–Crippen LogP) is 4.76. The summed E-state index contributed by atoms with van der Waals surface area (Å²) in [6.45, 7) is 10.9. The highest BCUT2D eigenvalue weighted by Crippen LogP contribution is 2.19. The Morgan fingerprint density at radius 1 is 1.00 bits per heavy atom. The maximum Gasteiger partial charge on any atom is 0.255 e. The van der Waals surface area contributed by atoms with Crippen LogP contribution in [0.1, 0.15) is 56.5 Å². The Kier molecular flexibility index (Phi) is 7.64. The van der Waals surface area contributed by atoms with Crippen LogP contribution in [0.25, 0.3) is 0 Å². The van der Waals surface area contributed by atoms with Crippen LogP contribution < -0.4 is 4.90 Å². The third-order valence-electron chi connectivity index (χ3n) is 4.38. The van der Waals surface area contributed by atoms with Gasteiger partial charge in [0.15, 0.2) is 0 Å². The number of aromatic nitrogens is 1. The molecule has 0 atom stereocenters. The molecule has 0 saturated heterocycles. The number of carbonyl (C=O) groups excluding carboxylic acids is 1. The van der Waals surface area contributed by atoms with E-state index >= 15 is 0 Å². The van der Waals surface area contributed by atoms with Crippen LogP contribution in [0, 0.1) is 0 Å². The molecule has 0 radical (unpaired) electrons. The normalized spacial score (nSPS) is 10.8. The van der Waals surface area contributed by atoms with Gasteiger partial charge in [-0.15, -0.1) is 0 Å². The number of hydrogen-bond acceptors (Lipinski definition) is 3. The Bertz CT molecular complexity index is 662. The van der Waals surface area contributed by atoms with Gasteiger partial charge in [-0.2, -0.15) is 0 Å². The smallest absolute Gasteiger partial charge is 0.255 e. The Labute approximate surface area is 157 Å². The molecule has 140 valence electrons. The van der Waals surface area contributed by atoms with Gasteiger partial charge < -0.3 is 9.80 Å². The van der Waals surface area contributed by atoms with Crippen molar-refractivity contribution >= 4 is 11.7 Å². The van der Waals surface area contributed by atoms with Crippen LogP contribution in [0.4, 0.5) is 5.82 Å². The second kappa shape index (κ2) is 9.95. The first-order valence-corrected chi connectivity index (χ1v) is 9.62. The van der Waals surface area contributed by atoms with Crippen LogP contribution >= 0.6 is 0 Å². The van der Waals surface area contributed by atoms with Crippen LogP contribution in [0.15, 0.2) is 48.7 Å². The van der Waals surface area contributed by atoms with Gasteiger partial charge in [0.25, 0.3) is 5.91 Å². The standard InChI is InChI=1S/C22H31N3O/c1-5-14-24(15-6-2)22(26)20-12-13-21(23-16-20)25(18(3)4)17-19-10-8-7-9-11-19/h7-13,16,18H,5-6,14-15,17H2,1-4H3. The number of rotatable bonds is 9. The van der Waals surface area contributed by atoms with E-state index in [4.69, 9.17) is 0 Å². The van der Waals surface area contributed by atoms with Gasteiger partial charge in [-0.1, -0.05) is 44.2 Å². The molecule has 0 N–H and O–H groups in total. The predicted molar refractivity (Wildman–Crippen MR) is 108 cm³/mol. The van der Waals surface area contributed by atoms with E-state index in [-0.39, 0.29) is 5.91 Å². The molecule has 0 aliphatic carbocycles. The minimum Gasteiger partial charge on any atom is -0.350 e.